The topological polar surface area (TPSA) is 292 Å². The number of fused-ring (bicyclic) bond motifs is 7. The van der Waals surface area contributed by atoms with E-state index in [-0.39, 0.29) is 46.0 Å². The number of allylic oxidation sites excluding steroid dienone is 2. The first-order chi connectivity index (χ1) is 30.5. The SMILES string of the molecule is CC1(C)CCC2(C(=O)OC3OC(CO)C(O)C(O)C3O)CCC3(C)C(=CCC4C5(C)CCC(OC6OC(CO)C(O)C(OC7OCC(O)C(O)C7O)C6O)C(C)(C=O)C5CCC43C)C2C1. The Bertz CT molecular complexity index is 1800. The lowest BCUT2D eigenvalue weighted by Gasteiger charge is -2.71. The lowest BCUT2D eigenvalue weighted by molar-refractivity contribution is -0.360. The Kier molecular flexibility index (Phi) is 13.5. The third kappa shape index (κ3) is 7.71. The lowest BCUT2D eigenvalue weighted by Crippen LogP contribution is -2.67. The summed E-state index contributed by atoms with van der Waals surface area (Å²) in [5.41, 5.74) is -1.77. The number of ether oxygens (including phenoxy) is 6. The molecule has 0 bridgehead atoms. The van der Waals surface area contributed by atoms with Gasteiger partial charge in [-0.25, -0.2) is 0 Å². The molecule has 0 aromatic rings. The van der Waals surface area contributed by atoms with Gasteiger partial charge in [0.1, 0.15) is 73.4 Å². The number of rotatable bonds is 9. The average Bonchev–Trinajstić information content (AvgIpc) is 3.26. The predicted octanol–water partition coefficient (Wildman–Crippen LogP) is -0.0414. The van der Waals surface area contributed by atoms with Crippen molar-refractivity contribution < 1.29 is 89.1 Å². The third-order valence-electron chi connectivity index (χ3n) is 18.9. The minimum atomic E-state index is -1.71. The lowest BCUT2D eigenvalue weighted by atomic mass is 9.33. The van der Waals surface area contributed by atoms with Crippen LogP contribution in [0.3, 0.4) is 0 Å². The van der Waals surface area contributed by atoms with Crippen LogP contribution in [0.1, 0.15) is 106 Å². The minimum absolute atomic E-state index is 0.0871. The Hall–Kier alpha value is -1.72. The average molecular weight is 927 g/mol. The van der Waals surface area contributed by atoms with Crippen LogP contribution in [0, 0.1) is 50.2 Å². The van der Waals surface area contributed by atoms with Crippen LogP contribution in [0.5, 0.6) is 0 Å². The molecule has 8 aliphatic rings. The van der Waals surface area contributed by atoms with Gasteiger partial charge < -0.3 is 84.3 Å². The number of aldehydes is 1. The van der Waals surface area contributed by atoms with E-state index >= 15 is 0 Å². The van der Waals surface area contributed by atoms with E-state index in [1.165, 1.54) is 5.57 Å². The van der Waals surface area contributed by atoms with Gasteiger partial charge in [0.25, 0.3) is 0 Å². The van der Waals surface area contributed by atoms with Gasteiger partial charge >= 0.3 is 5.97 Å². The number of aliphatic hydroxyl groups is 10. The quantitative estimate of drug-likeness (QED) is 0.0628. The van der Waals surface area contributed by atoms with E-state index in [9.17, 15) is 60.7 Å². The highest BCUT2D eigenvalue weighted by Gasteiger charge is 2.71. The van der Waals surface area contributed by atoms with Gasteiger partial charge in [0.15, 0.2) is 12.6 Å². The van der Waals surface area contributed by atoms with Crippen LogP contribution in [-0.2, 0) is 38.0 Å². The first-order valence-corrected chi connectivity index (χ1v) is 23.7. The Balaban J connectivity index is 1.04. The van der Waals surface area contributed by atoms with Gasteiger partial charge in [-0.05, 0) is 104 Å². The second kappa shape index (κ2) is 17.6. The summed E-state index contributed by atoms with van der Waals surface area (Å²) in [6.07, 6.45) is -12.4. The zero-order valence-electron chi connectivity index (χ0n) is 38.5. The van der Waals surface area contributed by atoms with Crippen molar-refractivity contribution in [1.29, 1.82) is 0 Å². The number of carbonyl (C=O) groups is 2. The van der Waals surface area contributed by atoms with Crippen molar-refractivity contribution in [3.8, 4) is 0 Å². The molecule has 7 fully saturated rings. The molecule has 65 heavy (non-hydrogen) atoms. The fourth-order valence-corrected chi connectivity index (χ4v) is 14.6. The molecule has 3 heterocycles. The van der Waals surface area contributed by atoms with Crippen LogP contribution in [-0.4, -0.2) is 175 Å². The standard InChI is InChI=1S/C47H74O18/c1-42(2)13-15-47(41(59)65-39-35(57)33(55)31(53)25(18-48)61-39)16-14-45(5)22(23(47)17-42)7-8-28-43(3)11-10-29(44(4,21-50)27(43)9-12-46(28,45)6)63-40-36(58)37(32(54)26(19-49)62-40)64-38-34(56)30(52)24(51)20-60-38/h7,21,23-40,48-49,51-58H,8-20H2,1-6H3. The molecule has 23 unspecified atom stereocenters. The Morgan fingerprint density at radius 3 is 2.03 bits per heavy atom. The first kappa shape index (κ1) is 49.7. The van der Waals surface area contributed by atoms with E-state index in [4.69, 9.17) is 28.4 Å². The Morgan fingerprint density at radius 2 is 1.35 bits per heavy atom. The Labute approximate surface area is 380 Å². The summed E-state index contributed by atoms with van der Waals surface area (Å²) in [7, 11) is 0. The van der Waals surface area contributed by atoms with Gasteiger partial charge in [0, 0.05) is 0 Å². The highest BCUT2D eigenvalue weighted by Crippen LogP contribution is 2.76. The third-order valence-corrected chi connectivity index (χ3v) is 18.9. The molecule has 370 valence electrons. The molecule has 8 rings (SSSR count). The maximum Gasteiger partial charge on any atom is 0.315 e. The van der Waals surface area contributed by atoms with Crippen LogP contribution in [0.15, 0.2) is 11.6 Å². The van der Waals surface area contributed by atoms with E-state index < -0.39 is 122 Å². The molecular formula is C47H74O18. The van der Waals surface area contributed by atoms with Gasteiger partial charge in [0.2, 0.25) is 6.29 Å². The number of hydrogen-bond donors (Lipinski definition) is 10. The highest BCUT2D eigenvalue weighted by atomic mass is 16.7. The fraction of sp³-hybridized carbons (Fsp3) is 0.915. The molecule has 5 aliphatic carbocycles. The van der Waals surface area contributed by atoms with Crippen molar-refractivity contribution in [1.82, 2.24) is 0 Å². The van der Waals surface area contributed by atoms with Crippen molar-refractivity contribution in [2.45, 2.75) is 198 Å². The molecular weight excluding hydrogens is 852 g/mol. The Morgan fingerprint density at radius 1 is 0.708 bits per heavy atom. The van der Waals surface area contributed by atoms with E-state index in [0.29, 0.717) is 44.9 Å². The second-order valence-corrected chi connectivity index (χ2v) is 22.7. The summed E-state index contributed by atoms with van der Waals surface area (Å²) in [5.74, 6) is -0.724. The first-order valence-electron chi connectivity index (χ1n) is 23.7. The molecule has 0 amide bonds. The molecule has 3 saturated heterocycles. The van der Waals surface area contributed by atoms with E-state index in [2.05, 4.69) is 40.7 Å². The van der Waals surface area contributed by atoms with Gasteiger partial charge in [-0.1, -0.05) is 53.2 Å². The van der Waals surface area contributed by atoms with Crippen molar-refractivity contribution in [2.75, 3.05) is 19.8 Å². The summed E-state index contributed by atoms with van der Waals surface area (Å²) >= 11 is 0. The molecule has 0 spiro atoms. The van der Waals surface area contributed by atoms with Crippen molar-refractivity contribution >= 4 is 12.3 Å². The van der Waals surface area contributed by atoms with Crippen molar-refractivity contribution in [3.63, 3.8) is 0 Å². The van der Waals surface area contributed by atoms with E-state index in [1.54, 1.807) is 0 Å². The number of hydrogen-bond acceptors (Lipinski definition) is 18. The molecule has 23 atom stereocenters. The number of aliphatic hydroxyl groups excluding tert-OH is 10. The van der Waals surface area contributed by atoms with E-state index in [1.807, 2.05) is 6.92 Å². The summed E-state index contributed by atoms with van der Waals surface area (Å²) in [6, 6.07) is 0. The zero-order chi connectivity index (χ0) is 47.4. The summed E-state index contributed by atoms with van der Waals surface area (Å²) < 4.78 is 35.3. The van der Waals surface area contributed by atoms with Gasteiger partial charge in [-0.3, -0.25) is 4.79 Å². The molecule has 4 saturated carbocycles. The molecule has 0 aromatic carbocycles. The molecule has 0 aromatic heterocycles. The summed E-state index contributed by atoms with van der Waals surface area (Å²) in [4.78, 5) is 28.2. The predicted molar refractivity (Wildman–Crippen MR) is 225 cm³/mol. The summed E-state index contributed by atoms with van der Waals surface area (Å²) in [6.45, 7) is 11.6. The van der Waals surface area contributed by atoms with Crippen LogP contribution < -0.4 is 0 Å². The monoisotopic (exact) mass is 926 g/mol. The van der Waals surface area contributed by atoms with Gasteiger partial charge in [-0.2, -0.15) is 0 Å². The van der Waals surface area contributed by atoms with Crippen LogP contribution in [0.25, 0.3) is 0 Å². The van der Waals surface area contributed by atoms with Crippen LogP contribution in [0.2, 0.25) is 0 Å². The highest BCUT2D eigenvalue weighted by molar-refractivity contribution is 5.79. The smallest absolute Gasteiger partial charge is 0.315 e. The largest absolute Gasteiger partial charge is 0.432 e. The maximum absolute atomic E-state index is 14.7. The van der Waals surface area contributed by atoms with E-state index in [0.717, 1.165) is 25.5 Å². The van der Waals surface area contributed by atoms with Gasteiger partial charge in [0.05, 0.1) is 36.8 Å². The number of esters is 1. The summed E-state index contributed by atoms with van der Waals surface area (Å²) in [5, 5.41) is 105. The molecule has 3 aliphatic heterocycles. The molecule has 10 N–H and O–H groups in total. The van der Waals surface area contributed by atoms with Crippen molar-refractivity contribution in [3.05, 3.63) is 11.6 Å². The van der Waals surface area contributed by atoms with Crippen molar-refractivity contribution in [2.24, 2.45) is 50.2 Å². The molecule has 0 radical (unpaired) electrons. The molecule has 18 heteroatoms. The molecule has 18 nitrogen and oxygen atoms in total. The second-order valence-electron chi connectivity index (χ2n) is 22.7. The zero-order valence-corrected chi connectivity index (χ0v) is 38.5. The van der Waals surface area contributed by atoms with Gasteiger partial charge in [-0.15, -0.1) is 0 Å². The number of carbonyl (C=O) groups excluding carboxylic acids is 2. The normalized spacial score (nSPS) is 54.2. The maximum atomic E-state index is 14.7. The fourth-order valence-electron chi connectivity index (χ4n) is 14.6. The van der Waals surface area contributed by atoms with Crippen LogP contribution >= 0.6 is 0 Å². The minimum Gasteiger partial charge on any atom is -0.432 e. The van der Waals surface area contributed by atoms with Crippen LogP contribution in [0.4, 0.5) is 0 Å².